The fraction of sp³-hybridized carbons (Fsp3) is 0.917. The Labute approximate surface area is 92.0 Å². The van der Waals surface area contributed by atoms with Crippen LogP contribution in [0, 0.1) is 5.41 Å². The number of hydrogen-bond donors (Lipinski definition) is 1. The zero-order chi connectivity index (χ0) is 11.1. The molecule has 2 aliphatic rings. The lowest BCUT2D eigenvalue weighted by molar-refractivity contribution is -0.139. The van der Waals surface area contributed by atoms with Crippen LogP contribution >= 0.6 is 0 Å². The summed E-state index contributed by atoms with van der Waals surface area (Å²) in [5, 5.41) is 0. The van der Waals surface area contributed by atoms with Crippen molar-refractivity contribution in [1.29, 1.82) is 0 Å². The average molecular weight is 210 g/mol. The number of nitrogens with zero attached hydrogens (tertiary/aromatic N) is 1. The van der Waals surface area contributed by atoms with Crippen LogP contribution in [0.4, 0.5) is 0 Å². The number of carbonyl (C=O) groups is 1. The third-order valence-electron chi connectivity index (χ3n) is 4.09. The van der Waals surface area contributed by atoms with Gasteiger partial charge in [0, 0.05) is 12.6 Å². The molecule has 3 heteroatoms. The molecule has 0 aromatic carbocycles. The third kappa shape index (κ3) is 1.89. The van der Waals surface area contributed by atoms with Crippen molar-refractivity contribution in [2.75, 3.05) is 6.54 Å². The molecule has 0 aromatic heterocycles. The van der Waals surface area contributed by atoms with E-state index < -0.39 is 0 Å². The molecule has 1 saturated carbocycles. The molecule has 0 aromatic rings. The highest BCUT2D eigenvalue weighted by Gasteiger charge is 2.42. The number of hydrogen-bond acceptors (Lipinski definition) is 2. The molecule has 2 rings (SSSR count). The fourth-order valence-corrected chi connectivity index (χ4v) is 3.12. The molecule has 3 nitrogen and oxygen atoms in total. The second kappa shape index (κ2) is 3.78. The highest BCUT2D eigenvalue weighted by molar-refractivity contribution is 5.82. The van der Waals surface area contributed by atoms with Gasteiger partial charge in [-0.3, -0.25) is 4.79 Å². The Bertz CT molecular complexity index is 262. The Balaban J connectivity index is 2.12. The summed E-state index contributed by atoms with van der Waals surface area (Å²) in [5.74, 6) is 0.182. The summed E-state index contributed by atoms with van der Waals surface area (Å²) in [7, 11) is 0. The predicted octanol–water partition coefficient (Wildman–Crippen LogP) is 1.51. The minimum absolute atomic E-state index is 0.182. The van der Waals surface area contributed by atoms with Crippen molar-refractivity contribution >= 4 is 5.91 Å². The van der Waals surface area contributed by atoms with Gasteiger partial charge < -0.3 is 10.6 Å². The van der Waals surface area contributed by atoms with Gasteiger partial charge in [0.1, 0.15) is 0 Å². The van der Waals surface area contributed by atoms with Crippen LogP contribution in [0.1, 0.15) is 46.0 Å². The molecule has 1 amide bonds. The van der Waals surface area contributed by atoms with Gasteiger partial charge in [-0.15, -0.1) is 0 Å². The quantitative estimate of drug-likeness (QED) is 0.713. The third-order valence-corrected chi connectivity index (χ3v) is 4.09. The standard InChI is InChI=1S/C12H22N2O/c1-12(2)7-3-6-10(12)14-8-4-5-9(13)11(14)15/h9-10H,3-8,13H2,1-2H3. The summed E-state index contributed by atoms with van der Waals surface area (Å²) in [4.78, 5) is 14.1. The first-order chi connectivity index (χ1) is 7.02. The zero-order valence-electron chi connectivity index (χ0n) is 9.83. The molecule has 2 N–H and O–H groups in total. The maximum atomic E-state index is 12.0. The van der Waals surface area contributed by atoms with Crippen LogP contribution in [0.25, 0.3) is 0 Å². The SMILES string of the molecule is CC1(C)CCCC1N1CCCC(N)C1=O. The number of carbonyl (C=O) groups excluding carboxylic acids is 1. The van der Waals surface area contributed by atoms with Crippen LogP contribution in [-0.2, 0) is 4.79 Å². The minimum atomic E-state index is -0.241. The monoisotopic (exact) mass is 210 g/mol. The number of amides is 1. The molecule has 1 heterocycles. The van der Waals surface area contributed by atoms with E-state index in [4.69, 9.17) is 5.73 Å². The Morgan fingerprint density at radius 2 is 2.07 bits per heavy atom. The Morgan fingerprint density at radius 1 is 1.33 bits per heavy atom. The summed E-state index contributed by atoms with van der Waals surface area (Å²) in [5.41, 5.74) is 6.12. The Hall–Kier alpha value is -0.570. The molecule has 2 unspecified atom stereocenters. The molecular weight excluding hydrogens is 188 g/mol. The summed E-state index contributed by atoms with van der Waals surface area (Å²) in [6, 6.07) is 0.187. The Morgan fingerprint density at radius 3 is 2.67 bits per heavy atom. The van der Waals surface area contributed by atoms with Crippen LogP contribution in [-0.4, -0.2) is 29.4 Å². The van der Waals surface area contributed by atoms with E-state index in [1.165, 1.54) is 12.8 Å². The lowest BCUT2D eigenvalue weighted by Crippen LogP contribution is -2.55. The summed E-state index contributed by atoms with van der Waals surface area (Å²) < 4.78 is 0. The van der Waals surface area contributed by atoms with E-state index in [9.17, 15) is 4.79 Å². The van der Waals surface area contributed by atoms with Gasteiger partial charge in [-0.05, 0) is 31.1 Å². The van der Waals surface area contributed by atoms with Gasteiger partial charge >= 0.3 is 0 Å². The number of likely N-dealkylation sites (tertiary alicyclic amines) is 1. The lowest BCUT2D eigenvalue weighted by atomic mass is 9.85. The second-order valence-corrected chi connectivity index (χ2v) is 5.68. The Kier molecular flexibility index (Phi) is 2.75. The van der Waals surface area contributed by atoms with E-state index in [1.807, 2.05) is 0 Å². The smallest absolute Gasteiger partial charge is 0.239 e. The van der Waals surface area contributed by atoms with E-state index in [0.29, 0.717) is 6.04 Å². The maximum absolute atomic E-state index is 12.0. The van der Waals surface area contributed by atoms with Crippen molar-refractivity contribution in [2.24, 2.45) is 11.1 Å². The zero-order valence-corrected chi connectivity index (χ0v) is 9.83. The van der Waals surface area contributed by atoms with Gasteiger partial charge in [0.25, 0.3) is 0 Å². The van der Waals surface area contributed by atoms with E-state index in [2.05, 4.69) is 18.7 Å². The molecule has 1 saturated heterocycles. The van der Waals surface area contributed by atoms with Gasteiger partial charge in [0.2, 0.25) is 5.91 Å². The van der Waals surface area contributed by atoms with Crippen molar-refractivity contribution in [1.82, 2.24) is 4.90 Å². The maximum Gasteiger partial charge on any atom is 0.239 e. The van der Waals surface area contributed by atoms with Gasteiger partial charge in [0.15, 0.2) is 0 Å². The summed E-state index contributed by atoms with van der Waals surface area (Å²) in [6.07, 6.45) is 5.57. The van der Waals surface area contributed by atoms with Crippen LogP contribution in [0.2, 0.25) is 0 Å². The molecule has 15 heavy (non-hydrogen) atoms. The average Bonchev–Trinajstić information content (AvgIpc) is 2.50. The number of nitrogens with two attached hydrogens (primary N) is 1. The number of piperidine rings is 1. The summed E-state index contributed by atoms with van der Waals surface area (Å²) >= 11 is 0. The number of rotatable bonds is 1. The molecule has 86 valence electrons. The van der Waals surface area contributed by atoms with Crippen molar-refractivity contribution in [3.05, 3.63) is 0 Å². The topological polar surface area (TPSA) is 46.3 Å². The van der Waals surface area contributed by atoms with Crippen molar-refractivity contribution in [3.8, 4) is 0 Å². The highest BCUT2D eigenvalue weighted by atomic mass is 16.2. The van der Waals surface area contributed by atoms with E-state index in [-0.39, 0.29) is 17.4 Å². The first kappa shape index (κ1) is 10.9. The molecule has 2 atom stereocenters. The van der Waals surface area contributed by atoms with Crippen LogP contribution < -0.4 is 5.73 Å². The molecule has 1 aliphatic carbocycles. The normalized spacial score (nSPS) is 35.9. The van der Waals surface area contributed by atoms with Crippen LogP contribution in [0.5, 0.6) is 0 Å². The van der Waals surface area contributed by atoms with Gasteiger partial charge in [-0.25, -0.2) is 0 Å². The van der Waals surface area contributed by atoms with Gasteiger partial charge in [-0.1, -0.05) is 20.3 Å². The molecule has 1 aliphatic heterocycles. The largest absolute Gasteiger partial charge is 0.338 e. The molecule has 0 radical (unpaired) electrons. The van der Waals surface area contributed by atoms with Crippen molar-refractivity contribution in [3.63, 3.8) is 0 Å². The van der Waals surface area contributed by atoms with Crippen LogP contribution in [0.15, 0.2) is 0 Å². The second-order valence-electron chi connectivity index (χ2n) is 5.68. The van der Waals surface area contributed by atoms with E-state index >= 15 is 0 Å². The lowest BCUT2D eigenvalue weighted by Gasteiger charge is -2.41. The van der Waals surface area contributed by atoms with Gasteiger partial charge in [-0.2, -0.15) is 0 Å². The molecule has 0 spiro atoms. The van der Waals surface area contributed by atoms with E-state index in [1.54, 1.807) is 0 Å². The minimum Gasteiger partial charge on any atom is -0.338 e. The fourth-order valence-electron chi connectivity index (χ4n) is 3.12. The van der Waals surface area contributed by atoms with Crippen LogP contribution in [0.3, 0.4) is 0 Å². The predicted molar refractivity (Wildman–Crippen MR) is 60.3 cm³/mol. The van der Waals surface area contributed by atoms with Crippen molar-refractivity contribution < 1.29 is 4.79 Å². The van der Waals surface area contributed by atoms with Gasteiger partial charge in [0.05, 0.1) is 6.04 Å². The van der Waals surface area contributed by atoms with Crippen molar-refractivity contribution in [2.45, 2.75) is 58.0 Å². The summed E-state index contributed by atoms with van der Waals surface area (Å²) in [6.45, 7) is 5.47. The first-order valence-corrected chi connectivity index (χ1v) is 6.08. The first-order valence-electron chi connectivity index (χ1n) is 6.08. The molecule has 2 fully saturated rings. The molecular formula is C12H22N2O. The van der Waals surface area contributed by atoms with E-state index in [0.717, 1.165) is 25.8 Å². The molecule has 0 bridgehead atoms. The highest BCUT2D eigenvalue weighted by Crippen LogP contribution is 2.41.